The van der Waals surface area contributed by atoms with Gasteiger partial charge in [0, 0.05) is 18.2 Å². The zero-order valence-electron chi connectivity index (χ0n) is 10.4. The van der Waals surface area contributed by atoms with Crippen LogP contribution in [0.3, 0.4) is 0 Å². The highest BCUT2D eigenvalue weighted by atomic mass is 19.1. The van der Waals surface area contributed by atoms with E-state index in [0.29, 0.717) is 5.92 Å². The summed E-state index contributed by atoms with van der Waals surface area (Å²) in [5.74, 6) is 0.224. The Bertz CT molecular complexity index is 399. The van der Waals surface area contributed by atoms with Crippen LogP contribution in [0.2, 0.25) is 0 Å². The lowest BCUT2D eigenvalue weighted by molar-refractivity contribution is 0.0489. The molecule has 1 aromatic heterocycles. The second-order valence-electron chi connectivity index (χ2n) is 4.95. The Morgan fingerprint density at radius 1 is 1.29 bits per heavy atom. The van der Waals surface area contributed by atoms with Gasteiger partial charge in [-0.3, -0.25) is 4.98 Å². The molecule has 2 heterocycles. The minimum atomic E-state index is -0.342. The van der Waals surface area contributed by atoms with Crippen molar-refractivity contribution >= 4 is 0 Å². The van der Waals surface area contributed by atoms with Crippen molar-refractivity contribution in [2.75, 3.05) is 0 Å². The van der Waals surface area contributed by atoms with Crippen LogP contribution in [-0.4, -0.2) is 17.2 Å². The number of hydrogen-bond donors (Lipinski definition) is 1. The molecular formula is C13H19FN2O. The van der Waals surface area contributed by atoms with Gasteiger partial charge >= 0.3 is 0 Å². The van der Waals surface area contributed by atoms with Gasteiger partial charge in [-0.05, 0) is 31.4 Å². The molecule has 3 nitrogen and oxygen atoms in total. The van der Waals surface area contributed by atoms with Gasteiger partial charge in [0.15, 0.2) is 0 Å². The highest BCUT2D eigenvalue weighted by Gasteiger charge is 2.40. The summed E-state index contributed by atoms with van der Waals surface area (Å²) in [7, 11) is 0. The summed E-state index contributed by atoms with van der Waals surface area (Å²) < 4.78 is 18.9. The minimum Gasteiger partial charge on any atom is -0.375 e. The molecule has 0 aromatic carbocycles. The summed E-state index contributed by atoms with van der Waals surface area (Å²) >= 11 is 0. The molecule has 2 rings (SSSR count). The summed E-state index contributed by atoms with van der Waals surface area (Å²) in [5, 5.41) is 0. The first-order valence-electron chi connectivity index (χ1n) is 6.02. The molecule has 0 bridgehead atoms. The van der Waals surface area contributed by atoms with Crippen molar-refractivity contribution in [2.45, 2.75) is 39.0 Å². The third kappa shape index (κ3) is 2.33. The average molecular weight is 238 g/mol. The standard InChI is InChI=1S/C13H19FN2O/c1-7-8(2)17-9(3)12(7)13(15)10-4-11(14)6-16-5-10/h4-9,12-13H,15H2,1-3H3. The molecule has 1 aromatic rings. The number of hydrogen-bond acceptors (Lipinski definition) is 3. The molecule has 5 unspecified atom stereocenters. The number of nitrogens with two attached hydrogens (primary N) is 1. The first-order valence-corrected chi connectivity index (χ1v) is 6.02. The summed E-state index contributed by atoms with van der Waals surface area (Å²) in [4.78, 5) is 3.85. The van der Waals surface area contributed by atoms with E-state index in [1.165, 1.54) is 12.3 Å². The summed E-state index contributed by atoms with van der Waals surface area (Å²) in [6.45, 7) is 6.21. The fourth-order valence-electron chi connectivity index (χ4n) is 2.75. The number of halogens is 1. The van der Waals surface area contributed by atoms with Gasteiger partial charge in [0.1, 0.15) is 5.82 Å². The van der Waals surface area contributed by atoms with E-state index in [1.54, 1.807) is 6.20 Å². The maximum Gasteiger partial charge on any atom is 0.141 e. The van der Waals surface area contributed by atoms with Crippen LogP contribution in [-0.2, 0) is 4.74 Å². The molecule has 1 saturated heterocycles. The zero-order valence-corrected chi connectivity index (χ0v) is 10.4. The third-order valence-electron chi connectivity index (χ3n) is 3.84. The second-order valence-corrected chi connectivity index (χ2v) is 4.95. The summed E-state index contributed by atoms with van der Waals surface area (Å²) in [6.07, 6.45) is 3.12. The van der Waals surface area contributed by atoms with Gasteiger partial charge in [0.25, 0.3) is 0 Å². The topological polar surface area (TPSA) is 48.1 Å². The van der Waals surface area contributed by atoms with Crippen LogP contribution >= 0.6 is 0 Å². The molecule has 94 valence electrons. The molecule has 1 fully saturated rings. The number of rotatable bonds is 2. The monoisotopic (exact) mass is 238 g/mol. The van der Waals surface area contributed by atoms with Crippen molar-refractivity contribution in [2.24, 2.45) is 17.6 Å². The Labute approximate surface area is 101 Å². The fraction of sp³-hybridized carbons (Fsp3) is 0.615. The van der Waals surface area contributed by atoms with Crippen LogP contribution in [0.5, 0.6) is 0 Å². The lowest BCUT2D eigenvalue weighted by atomic mass is 9.81. The lowest BCUT2D eigenvalue weighted by Crippen LogP contribution is -2.30. The van der Waals surface area contributed by atoms with Gasteiger partial charge in [-0.15, -0.1) is 0 Å². The van der Waals surface area contributed by atoms with E-state index in [2.05, 4.69) is 18.8 Å². The first-order chi connectivity index (χ1) is 8.00. The molecule has 17 heavy (non-hydrogen) atoms. The van der Waals surface area contributed by atoms with Crippen molar-refractivity contribution in [1.29, 1.82) is 0 Å². The van der Waals surface area contributed by atoms with Crippen LogP contribution in [0.15, 0.2) is 18.5 Å². The molecule has 0 aliphatic carbocycles. The Kier molecular flexibility index (Phi) is 3.45. The minimum absolute atomic E-state index is 0.0956. The SMILES string of the molecule is CC1OC(C)C(C(N)c2cncc(F)c2)C1C. The van der Waals surface area contributed by atoms with Crippen molar-refractivity contribution in [3.63, 3.8) is 0 Å². The number of nitrogens with zero attached hydrogens (tertiary/aromatic N) is 1. The maximum atomic E-state index is 13.1. The molecule has 5 atom stereocenters. The summed E-state index contributed by atoms with van der Waals surface area (Å²) in [6, 6.07) is 1.23. The molecular weight excluding hydrogens is 219 g/mol. The van der Waals surface area contributed by atoms with E-state index in [0.717, 1.165) is 5.56 Å². The molecule has 0 radical (unpaired) electrons. The van der Waals surface area contributed by atoms with E-state index in [-0.39, 0.29) is 30.0 Å². The Morgan fingerprint density at radius 3 is 2.53 bits per heavy atom. The zero-order chi connectivity index (χ0) is 12.6. The van der Waals surface area contributed by atoms with Crippen molar-refractivity contribution in [1.82, 2.24) is 4.98 Å². The number of pyridine rings is 1. The predicted octanol–water partition coefficient (Wildman–Crippen LogP) is 2.28. The Balaban J connectivity index is 2.22. The molecule has 0 saturated carbocycles. The average Bonchev–Trinajstić information content (AvgIpc) is 2.52. The van der Waals surface area contributed by atoms with Gasteiger partial charge in [-0.1, -0.05) is 6.92 Å². The van der Waals surface area contributed by atoms with Gasteiger partial charge in [-0.2, -0.15) is 0 Å². The number of aromatic nitrogens is 1. The lowest BCUT2D eigenvalue weighted by Gasteiger charge is -2.25. The van der Waals surface area contributed by atoms with E-state index in [1.807, 2.05) is 6.92 Å². The quantitative estimate of drug-likeness (QED) is 0.860. The van der Waals surface area contributed by atoms with Crippen LogP contribution in [0.4, 0.5) is 4.39 Å². The van der Waals surface area contributed by atoms with Gasteiger partial charge in [0.2, 0.25) is 0 Å². The van der Waals surface area contributed by atoms with E-state index in [9.17, 15) is 4.39 Å². The highest BCUT2D eigenvalue weighted by Crippen LogP contribution is 2.39. The van der Waals surface area contributed by atoms with Crippen LogP contribution in [0, 0.1) is 17.7 Å². The number of ether oxygens (including phenoxy) is 1. The summed E-state index contributed by atoms with van der Waals surface area (Å²) in [5.41, 5.74) is 6.97. The Morgan fingerprint density at radius 2 is 2.00 bits per heavy atom. The van der Waals surface area contributed by atoms with Crippen molar-refractivity contribution < 1.29 is 9.13 Å². The largest absolute Gasteiger partial charge is 0.375 e. The van der Waals surface area contributed by atoms with Gasteiger partial charge < -0.3 is 10.5 Å². The van der Waals surface area contributed by atoms with E-state index in [4.69, 9.17) is 10.5 Å². The Hall–Kier alpha value is -1.00. The van der Waals surface area contributed by atoms with Crippen molar-refractivity contribution in [3.05, 3.63) is 29.8 Å². The normalized spacial score (nSPS) is 34.9. The fourth-order valence-corrected chi connectivity index (χ4v) is 2.75. The molecule has 2 N–H and O–H groups in total. The van der Waals surface area contributed by atoms with Crippen LogP contribution < -0.4 is 5.73 Å². The maximum absolute atomic E-state index is 13.1. The molecule has 4 heteroatoms. The van der Waals surface area contributed by atoms with Gasteiger partial charge in [0.05, 0.1) is 18.4 Å². The predicted molar refractivity (Wildman–Crippen MR) is 63.8 cm³/mol. The van der Waals surface area contributed by atoms with Crippen LogP contribution in [0.25, 0.3) is 0 Å². The molecule has 0 spiro atoms. The van der Waals surface area contributed by atoms with Crippen LogP contribution in [0.1, 0.15) is 32.4 Å². The van der Waals surface area contributed by atoms with Gasteiger partial charge in [-0.25, -0.2) is 4.39 Å². The highest BCUT2D eigenvalue weighted by molar-refractivity contribution is 5.17. The first kappa shape index (κ1) is 12.5. The molecule has 1 aliphatic heterocycles. The smallest absolute Gasteiger partial charge is 0.141 e. The molecule has 1 aliphatic rings. The van der Waals surface area contributed by atoms with Crippen molar-refractivity contribution in [3.8, 4) is 0 Å². The third-order valence-corrected chi connectivity index (χ3v) is 3.84. The van der Waals surface area contributed by atoms with E-state index >= 15 is 0 Å². The second kappa shape index (κ2) is 4.70. The van der Waals surface area contributed by atoms with E-state index < -0.39 is 0 Å². The molecule has 0 amide bonds.